The minimum absolute atomic E-state index is 0.309. The van der Waals surface area contributed by atoms with Crippen molar-refractivity contribution in [3.8, 4) is 0 Å². The Labute approximate surface area is 168 Å². The molecule has 1 saturated heterocycles. The lowest BCUT2D eigenvalue weighted by Crippen LogP contribution is -2.35. The number of esters is 1. The first kappa shape index (κ1) is 18.0. The van der Waals surface area contributed by atoms with E-state index in [1.807, 2.05) is 5.38 Å². The van der Waals surface area contributed by atoms with Crippen LogP contribution in [0, 0.1) is 0 Å². The van der Waals surface area contributed by atoms with Crippen LogP contribution in [0.5, 0.6) is 0 Å². The molecular weight excluding hydrogens is 413 g/mol. The smallest absolute Gasteiger partial charge is 0.338 e. The Morgan fingerprint density at radius 3 is 2.96 bits per heavy atom. The second-order valence-electron chi connectivity index (χ2n) is 5.81. The fourth-order valence-electron chi connectivity index (χ4n) is 3.31. The number of allylic oxidation sites excluding steroid dienone is 1. The molecule has 1 fully saturated rings. The summed E-state index contributed by atoms with van der Waals surface area (Å²) in [6.45, 7) is 2.91. The molecule has 2 aromatic heterocycles. The van der Waals surface area contributed by atoms with Crippen LogP contribution in [0.2, 0.25) is 8.67 Å². The summed E-state index contributed by atoms with van der Waals surface area (Å²) < 4.78 is 6.44. The molecule has 0 N–H and O–H groups in total. The van der Waals surface area contributed by atoms with Crippen LogP contribution in [0.3, 0.4) is 0 Å². The van der Waals surface area contributed by atoms with Gasteiger partial charge in [0.25, 0.3) is 0 Å². The first-order valence-corrected chi connectivity index (χ1v) is 10.7. The van der Waals surface area contributed by atoms with Crippen molar-refractivity contribution in [2.24, 2.45) is 4.99 Å². The number of hydrogen-bond acceptors (Lipinski definition) is 7. The summed E-state index contributed by atoms with van der Waals surface area (Å²) in [6, 6.07) is 1.25. The summed E-state index contributed by atoms with van der Waals surface area (Å²) in [5.41, 5.74) is 2.24. The van der Waals surface area contributed by atoms with Crippen molar-refractivity contribution in [3.05, 3.63) is 48.2 Å². The molecule has 4 rings (SSSR count). The zero-order valence-electron chi connectivity index (χ0n) is 13.9. The van der Waals surface area contributed by atoms with Crippen molar-refractivity contribution in [1.29, 1.82) is 0 Å². The van der Waals surface area contributed by atoms with Gasteiger partial charge in [-0.15, -0.1) is 22.7 Å². The molecule has 136 valence electrons. The van der Waals surface area contributed by atoms with Crippen LogP contribution in [0.25, 0.3) is 0 Å². The van der Waals surface area contributed by atoms with E-state index in [1.54, 1.807) is 19.2 Å². The molecule has 0 amide bonds. The topological polar surface area (TPSA) is 54.8 Å². The van der Waals surface area contributed by atoms with Gasteiger partial charge >= 0.3 is 5.97 Å². The monoisotopic (exact) mass is 427 g/mol. The Morgan fingerprint density at radius 1 is 1.46 bits per heavy atom. The minimum Gasteiger partial charge on any atom is -0.463 e. The third kappa shape index (κ3) is 3.07. The molecule has 0 aromatic carbocycles. The zero-order valence-corrected chi connectivity index (χ0v) is 17.0. The lowest BCUT2D eigenvalue weighted by atomic mass is 9.96. The van der Waals surface area contributed by atoms with Gasteiger partial charge < -0.3 is 9.64 Å². The van der Waals surface area contributed by atoms with E-state index in [0.717, 1.165) is 41.5 Å². The van der Waals surface area contributed by atoms with Gasteiger partial charge in [0, 0.05) is 29.4 Å². The van der Waals surface area contributed by atoms with E-state index in [4.69, 9.17) is 32.9 Å². The fourth-order valence-corrected chi connectivity index (χ4v) is 5.47. The molecule has 1 atom stereocenters. The van der Waals surface area contributed by atoms with Gasteiger partial charge in [0.1, 0.15) is 10.4 Å². The average molecular weight is 428 g/mol. The molecule has 2 aliphatic rings. The summed E-state index contributed by atoms with van der Waals surface area (Å²) in [5.74, 6) is 0.434. The van der Waals surface area contributed by atoms with E-state index < -0.39 is 6.04 Å². The van der Waals surface area contributed by atoms with Gasteiger partial charge in [-0.1, -0.05) is 23.2 Å². The highest BCUT2D eigenvalue weighted by Crippen LogP contribution is 2.45. The number of aromatic nitrogens is 1. The van der Waals surface area contributed by atoms with E-state index in [0.29, 0.717) is 20.9 Å². The first-order chi connectivity index (χ1) is 12.6. The number of amidine groups is 1. The highest BCUT2D eigenvalue weighted by molar-refractivity contribution is 7.20. The third-order valence-corrected chi connectivity index (χ3v) is 6.60. The predicted molar refractivity (Wildman–Crippen MR) is 105 cm³/mol. The number of thiazole rings is 1. The van der Waals surface area contributed by atoms with Crippen molar-refractivity contribution < 1.29 is 9.53 Å². The molecular formula is C17H15Cl2N3O2S2. The Kier molecular flexibility index (Phi) is 5.05. The van der Waals surface area contributed by atoms with Crippen molar-refractivity contribution in [1.82, 2.24) is 9.88 Å². The number of aliphatic imine (C=N–C) groups is 1. The van der Waals surface area contributed by atoms with E-state index in [9.17, 15) is 4.79 Å². The lowest BCUT2D eigenvalue weighted by Gasteiger charge is -2.31. The molecule has 0 bridgehead atoms. The van der Waals surface area contributed by atoms with Crippen LogP contribution in [0.1, 0.15) is 36.4 Å². The Bertz CT molecular complexity index is 905. The first-order valence-electron chi connectivity index (χ1n) is 8.20. The minimum atomic E-state index is -0.534. The third-order valence-electron chi connectivity index (χ3n) is 4.31. The molecule has 0 spiro atoms. The van der Waals surface area contributed by atoms with E-state index in [1.165, 1.54) is 22.7 Å². The number of thiophene rings is 1. The van der Waals surface area contributed by atoms with Crippen molar-refractivity contribution in [2.45, 2.75) is 25.8 Å². The van der Waals surface area contributed by atoms with Crippen LogP contribution in [0.15, 0.2) is 33.9 Å². The molecule has 0 saturated carbocycles. The number of rotatable bonds is 4. The molecule has 5 nitrogen and oxygen atoms in total. The number of halogens is 2. The summed E-state index contributed by atoms with van der Waals surface area (Å²) in [5, 5.41) is 2.75. The van der Waals surface area contributed by atoms with Gasteiger partial charge in [-0.3, -0.25) is 4.99 Å². The molecule has 1 unspecified atom stereocenters. The summed E-state index contributed by atoms with van der Waals surface area (Å²) in [4.78, 5) is 24.2. The number of nitrogens with zero attached hydrogens (tertiary/aromatic N) is 3. The molecule has 2 aromatic rings. The maximum Gasteiger partial charge on any atom is 0.338 e. The number of carbonyl (C=O) groups excluding carboxylic acids is 1. The number of ether oxygens (including phenoxy) is 1. The van der Waals surface area contributed by atoms with Crippen molar-refractivity contribution in [2.75, 3.05) is 13.2 Å². The van der Waals surface area contributed by atoms with Crippen LogP contribution in [0.4, 0.5) is 0 Å². The van der Waals surface area contributed by atoms with Crippen LogP contribution in [-0.4, -0.2) is 34.8 Å². The Morgan fingerprint density at radius 2 is 2.31 bits per heavy atom. The SMILES string of the molecule is CCOC(=O)C1=C2CCCN2C(c2nccs2)=NC1c1cc(Cl)sc1Cl. The fraction of sp³-hybridized carbons (Fsp3) is 0.353. The van der Waals surface area contributed by atoms with Gasteiger partial charge in [0.05, 0.1) is 16.5 Å². The summed E-state index contributed by atoms with van der Waals surface area (Å²) in [7, 11) is 0. The molecule has 26 heavy (non-hydrogen) atoms. The summed E-state index contributed by atoms with van der Waals surface area (Å²) >= 11 is 15.4. The van der Waals surface area contributed by atoms with Crippen LogP contribution in [-0.2, 0) is 9.53 Å². The quantitative estimate of drug-likeness (QED) is 0.649. The second-order valence-corrected chi connectivity index (χ2v) is 8.99. The predicted octanol–water partition coefficient (Wildman–Crippen LogP) is 4.93. The Balaban J connectivity index is 1.89. The Hall–Kier alpha value is -1.41. The van der Waals surface area contributed by atoms with E-state index in [2.05, 4.69) is 9.88 Å². The zero-order chi connectivity index (χ0) is 18.3. The van der Waals surface area contributed by atoms with Crippen molar-refractivity contribution >= 4 is 57.7 Å². The van der Waals surface area contributed by atoms with Gasteiger partial charge in [0.2, 0.25) is 0 Å². The molecule has 0 radical (unpaired) electrons. The van der Waals surface area contributed by atoms with Gasteiger partial charge in [-0.05, 0) is 25.8 Å². The van der Waals surface area contributed by atoms with E-state index in [-0.39, 0.29) is 5.97 Å². The molecule has 0 aliphatic carbocycles. The van der Waals surface area contributed by atoms with Gasteiger partial charge in [0.15, 0.2) is 10.8 Å². The normalized spacial score (nSPS) is 19.6. The largest absolute Gasteiger partial charge is 0.463 e. The second kappa shape index (κ2) is 7.31. The molecule has 9 heteroatoms. The van der Waals surface area contributed by atoms with Crippen molar-refractivity contribution in [3.63, 3.8) is 0 Å². The number of fused-ring (bicyclic) bond motifs is 1. The lowest BCUT2D eigenvalue weighted by molar-refractivity contribution is -0.139. The van der Waals surface area contributed by atoms with Crippen LogP contribution >= 0.6 is 45.9 Å². The summed E-state index contributed by atoms with van der Waals surface area (Å²) in [6.07, 6.45) is 3.50. The average Bonchev–Trinajstić information content (AvgIpc) is 3.34. The van der Waals surface area contributed by atoms with Gasteiger partial charge in [-0.2, -0.15) is 0 Å². The number of hydrogen-bond donors (Lipinski definition) is 0. The standard InChI is InChI=1S/C17H15Cl2N3O2S2/c1-2-24-17(23)12-10-4-3-6-22(10)15(16-20-5-7-25-16)21-13(12)9-8-11(18)26-14(9)19/h5,7-8,13H,2-4,6H2,1H3. The van der Waals surface area contributed by atoms with Crippen LogP contribution < -0.4 is 0 Å². The molecule has 2 aliphatic heterocycles. The maximum absolute atomic E-state index is 12.8. The molecule has 4 heterocycles. The highest BCUT2D eigenvalue weighted by Gasteiger charge is 2.40. The van der Waals surface area contributed by atoms with E-state index >= 15 is 0 Å². The van der Waals surface area contributed by atoms with Gasteiger partial charge in [-0.25, -0.2) is 9.78 Å². The maximum atomic E-state index is 12.8. The number of carbonyl (C=O) groups is 1. The highest BCUT2D eigenvalue weighted by atomic mass is 35.5.